The van der Waals surface area contributed by atoms with E-state index in [1.54, 1.807) is 11.7 Å². The van der Waals surface area contributed by atoms with Gasteiger partial charge in [0.25, 0.3) is 0 Å². The normalized spacial score (nSPS) is 40.1. The summed E-state index contributed by atoms with van der Waals surface area (Å²) < 4.78 is 1.18. The molecule has 6 atom stereocenters. The van der Waals surface area contributed by atoms with E-state index in [0.717, 1.165) is 54.9 Å². The summed E-state index contributed by atoms with van der Waals surface area (Å²) >= 11 is 12.3. The van der Waals surface area contributed by atoms with Crippen LogP contribution in [0.25, 0.3) is 0 Å². The molecule has 110 valence electrons. The van der Waals surface area contributed by atoms with Gasteiger partial charge >= 0.3 is 157 Å². The zero-order valence-corrected chi connectivity index (χ0v) is 19.8. The molecule has 0 amide bonds. The van der Waals surface area contributed by atoms with E-state index in [-0.39, 0.29) is 0 Å². The summed E-state index contributed by atoms with van der Waals surface area (Å²) in [6.07, 6.45) is 6.07. The third kappa shape index (κ3) is 6.42. The number of thioether (sulfide) groups is 2. The average molecular weight is 558 g/mol. The molecule has 0 saturated carbocycles. The molecule has 3 saturated heterocycles. The molecule has 0 aromatic rings. The molecule has 0 aliphatic carbocycles. The van der Waals surface area contributed by atoms with E-state index in [0.29, 0.717) is 0 Å². The zero-order chi connectivity index (χ0) is 13.2. The monoisotopic (exact) mass is 562 g/mol. The van der Waals surface area contributed by atoms with Crippen molar-refractivity contribution >= 4 is 85.5 Å². The molecule has 0 bridgehead atoms. The predicted molar refractivity (Wildman–Crippen MR) is 96.6 cm³/mol. The second-order valence-electron chi connectivity index (χ2n) is 5.68. The minimum atomic E-state index is 0.949. The first-order chi connectivity index (χ1) is 9.19. The summed E-state index contributed by atoms with van der Waals surface area (Å²) in [4.78, 5) is 3.05. The second-order valence-corrected chi connectivity index (χ2v) is 18.7. The van der Waals surface area contributed by atoms with Gasteiger partial charge in [0.05, 0.1) is 0 Å². The fourth-order valence-electron chi connectivity index (χ4n) is 2.49. The van der Waals surface area contributed by atoms with E-state index in [1.165, 1.54) is 34.5 Å². The molecule has 3 rings (SSSR count). The number of hydrogen-bond donors (Lipinski definition) is 0. The van der Waals surface area contributed by atoms with Crippen molar-refractivity contribution in [2.75, 3.05) is 11.5 Å². The third-order valence-electron chi connectivity index (χ3n) is 3.69. The number of rotatable bonds is 8. The first kappa shape index (κ1) is 16.6. The molecule has 0 spiro atoms. The van der Waals surface area contributed by atoms with E-state index in [9.17, 15) is 0 Å². The van der Waals surface area contributed by atoms with Crippen LogP contribution in [-0.4, -0.2) is 83.9 Å². The summed E-state index contributed by atoms with van der Waals surface area (Å²) in [6.45, 7) is 0. The van der Waals surface area contributed by atoms with Crippen molar-refractivity contribution < 1.29 is 0 Å². The fourth-order valence-corrected chi connectivity index (χ4v) is 18.3. The van der Waals surface area contributed by atoms with E-state index < -0.39 is 0 Å². The topological polar surface area (TPSA) is 0 Å². The Kier molecular flexibility index (Phi) is 7.04. The standard InChI is InChI=1S/C13H22S2Se4/c16-10(1-8-5-14-8)3-12-7-18-13(19-12)4-11(17)2-9-6-15-9/h8-13,16-17H,1-7H2. The van der Waals surface area contributed by atoms with E-state index in [1.807, 2.05) is 0 Å². The van der Waals surface area contributed by atoms with Crippen LogP contribution in [0.1, 0.15) is 25.7 Å². The first-order valence-corrected chi connectivity index (χ1v) is 15.5. The predicted octanol–water partition coefficient (Wildman–Crippen LogP) is 2.53. The Bertz CT molecular complexity index is 268. The molecule has 0 nitrogen and oxygen atoms in total. The molecule has 0 radical (unpaired) electrons. The van der Waals surface area contributed by atoms with Crippen LogP contribution in [0.5, 0.6) is 0 Å². The minimum absolute atomic E-state index is 0.949. The molecule has 6 unspecified atom stereocenters. The quantitative estimate of drug-likeness (QED) is 0.332. The van der Waals surface area contributed by atoms with Gasteiger partial charge < -0.3 is 0 Å². The van der Waals surface area contributed by atoms with Crippen molar-refractivity contribution in [1.29, 1.82) is 0 Å². The number of hydrogen-bond acceptors (Lipinski definition) is 2. The van der Waals surface area contributed by atoms with Crippen molar-refractivity contribution in [3.05, 3.63) is 0 Å². The van der Waals surface area contributed by atoms with E-state index >= 15 is 0 Å². The van der Waals surface area contributed by atoms with Crippen LogP contribution in [-0.2, 0) is 0 Å². The van der Waals surface area contributed by atoms with Gasteiger partial charge in [-0.3, -0.25) is 0 Å². The molecular formula is C13H22S2Se4. The summed E-state index contributed by atoms with van der Waals surface area (Å²) in [5.74, 6) is 2.90. The Labute approximate surface area is 155 Å². The van der Waals surface area contributed by atoms with Gasteiger partial charge in [-0.2, -0.15) is 0 Å². The summed E-state index contributed by atoms with van der Waals surface area (Å²) in [5, 5.41) is 3.69. The Balaban J connectivity index is 1.32. The summed E-state index contributed by atoms with van der Waals surface area (Å²) in [7, 11) is 0. The van der Waals surface area contributed by atoms with Crippen molar-refractivity contribution in [2.45, 2.75) is 59.7 Å². The average Bonchev–Trinajstić information content (AvgIpc) is 3.24. The van der Waals surface area contributed by atoms with Gasteiger partial charge in [-0.05, 0) is 0 Å². The molecule has 6 heteroatoms. The van der Waals surface area contributed by atoms with E-state index in [4.69, 9.17) is 0 Å². The second kappa shape index (κ2) is 8.05. The molecule has 3 fully saturated rings. The third-order valence-corrected chi connectivity index (χ3v) is 16.2. The van der Waals surface area contributed by atoms with Gasteiger partial charge in [-0.25, -0.2) is 0 Å². The van der Waals surface area contributed by atoms with Gasteiger partial charge in [0.15, 0.2) is 0 Å². The zero-order valence-electron chi connectivity index (χ0n) is 10.9. The molecule has 19 heavy (non-hydrogen) atoms. The molecule has 3 aliphatic rings. The van der Waals surface area contributed by atoms with Crippen LogP contribution in [0.2, 0.25) is 23.5 Å². The van der Waals surface area contributed by atoms with Crippen molar-refractivity contribution in [3.8, 4) is 0 Å². The Morgan fingerprint density at radius 2 is 1.53 bits per heavy atom. The van der Waals surface area contributed by atoms with Crippen LogP contribution >= 0.6 is 23.5 Å². The van der Waals surface area contributed by atoms with Crippen LogP contribution in [0.3, 0.4) is 0 Å². The Morgan fingerprint density at radius 1 is 0.947 bits per heavy atom. The van der Waals surface area contributed by atoms with Crippen molar-refractivity contribution in [1.82, 2.24) is 0 Å². The molecule has 3 aliphatic heterocycles. The molecule has 0 N–H and O–H groups in total. The van der Waals surface area contributed by atoms with Crippen LogP contribution < -0.4 is 0 Å². The van der Waals surface area contributed by atoms with Gasteiger partial charge in [0.2, 0.25) is 0 Å². The SMILES string of the molecule is [SeH]C(CC1CS1)CC1C[Se]C(CC([SeH])CC2CS2)[Se]1. The summed E-state index contributed by atoms with van der Waals surface area (Å²) in [6, 6.07) is 0. The molecular weight excluding hydrogens is 536 g/mol. The van der Waals surface area contributed by atoms with Gasteiger partial charge in [0, 0.05) is 0 Å². The molecule has 0 aromatic carbocycles. The molecule has 0 aromatic heterocycles. The Hall–Kier alpha value is 2.78. The van der Waals surface area contributed by atoms with Gasteiger partial charge in [-0.15, -0.1) is 0 Å². The molecule has 3 heterocycles. The maximum atomic E-state index is 2.99. The first-order valence-electron chi connectivity index (χ1n) is 7.05. The van der Waals surface area contributed by atoms with Crippen molar-refractivity contribution in [2.24, 2.45) is 0 Å². The summed E-state index contributed by atoms with van der Waals surface area (Å²) in [5.41, 5.74) is 0. The van der Waals surface area contributed by atoms with Crippen molar-refractivity contribution in [3.63, 3.8) is 0 Å². The van der Waals surface area contributed by atoms with Gasteiger partial charge in [0.1, 0.15) is 0 Å². The maximum absolute atomic E-state index is 2.99. The van der Waals surface area contributed by atoms with Crippen LogP contribution in [0.15, 0.2) is 0 Å². The van der Waals surface area contributed by atoms with Gasteiger partial charge in [-0.1, -0.05) is 0 Å². The van der Waals surface area contributed by atoms with Crippen LogP contribution in [0.4, 0.5) is 0 Å². The van der Waals surface area contributed by atoms with Crippen LogP contribution in [0, 0.1) is 0 Å². The van der Waals surface area contributed by atoms with E-state index in [2.05, 4.69) is 55.5 Å². The Morgan fingerprint density at radius 3 is 2.11 bits per heavy atom. The fraction of sp³-hybridized carbons (Fsp3) is 1.00.